The van der Waals surface area contributed by atoms with Crippen molar-refractivity contribution in [1.82, 2.24) is 5.01 Å². The first-order chi connectivity index (χ1) is 7.24. The Hall–Kier alpha value is -1.42. The van der Waals surface area contributed by atoms with Gasteiger partial charge in [0.05, 0.1) is 6.04 Å². The smallest absolute Gasteiger partial charge is 0.161 e. The van der Waals surface area contributed by atoms with E-state index in [1.807, 2.05) is 30.3 Å². The van der Waals surface area contributed by atoms with Gasteiger partial charge in [0, 0.05) is 13.5 Å². The number of aliphatic imine (C=N–C) groups is 1. The van der Waals surface area contributed by atoms with Crippen molar-refractivity contribution in [3.63, 3.8) is 0 Å². The molecule has 4 heteroatoms. The van der Waals surface area contributed by atoms with E-state index in [9.17, 15) is 4.39 Å². The molecule has 1 aromatic carbocycles. The molecule has 0 amide bonds. The molecule has 0 saturated carbocycles. The molecule has 3 nitrogen and oxygen atoms in total. The van der Waals surface area contributed by atoms with Crippen LogP contribution in [-0.4, -0.2) is 24.1 Å². The quantitative estimate of drug-likeness (QED) is 0.712. The molecular weight excluding hydrogens is 193 g/mol. The maximum Gasteiger partial charge on any atom is 0.161 e. The summed E-state index contributed by atoms with van der Waals surface area (Å²) >= 11 is 0. The average Bonchev–Trinajstić information content (AvgIpc) is 2.55. The molecule has 2 rings (SSSR count). The fourth-order valence-corrected chi connectivity index (χ4v) is 1.96. The lowest BCUT2D eigenvalue weighted by atomic mass is 10.1. The Bertz CT molecular complexity index is 363. The van der Waals surface area contributed by atoms with E-state index in [-0.39, 0.29) is 6.04 Å². The fraction of sp³-hybridized carbons (Fsp3) is 0.364. The van der Waals surface area contributed by atoms with E-state index in [1.165, 1.54) is 5.01 Å². The van der Waals surface area contributed by atoms with Gasteiger partial charge in [-0.3, -0.25) is 10.0 Å². The van der Waals surface area contributed by atoms with Crippen LogP contribution >= 0.6 is 0 Å². The highest BCUT2D eigenvalue weighted by atomic mass is 19.1. The number of alkyl halides is 1. The second kappa shape index (κ2) is 3.98. The topological polar surface area (TPSA) is 41.6 Å². The lowest BCUT2D eigenvalue weighted by Crippen LogP contribution is -2.36. The monoisotopic (exact) mass is 207 g/mol. The molecule has 1 aromatic rings. The maximum atomic E-state index is 13.5. The van der Waals surface area contributed by atoms with E-state index >= 15 is 0 Å². The second-order valence-electron chi connectivity index (χ2n) is 3.62. The molecule has 0 bridgehead atoms. The molecule has 0 spiro atoms. The molecule has 1 aliphatic rings. The Balaban J connectivity index is 2.27. The summed E-state index contributed by atoms with van der Waals surface area (Å²) < 4.78 is 13.5. The maximum absolute atomic E-state index is 13.5. The highest BCUT2D eigenvalue weighted by molar-refractivity contribution is 5.88. The third kappa shape index (κ3) is 1.72. The van der Waals surface area contributed by atoms with Gasteiger partial charge >= 0.3 is 0 Å². The number of amidine groups is 1. The summed E-state index contributed by atoms with van der Waals surface area (Å²) in [6.45, 7) is 0. The molecular formula is C11H14FN3. The molecule has 0 radical (unpaired) electrons. The van der Waals surface area contributed by atoms with Crippen molar-refractivity contribution in [3.05, 3.63) is 35.9 Å². The molecule has 2 atom stereocenters. The van der Waals surface area contributed by atoms with Gasteiger partial charge in [-0.25, -0.2) is 10.2 Å². The fourth-order valence-electron chi connectivity index (χ4n) is 1.96. The van der Waals surface area contributed by atoms with Gasteiger partial charge in [-0.2, -0.15) is 0 Å². The normalized spacial score (nSPS) is 28.7. The number of hydrazine groups is 1. The molecule has 1 fully saturated rings. The predicted molar refractivity (Wildman–Crippen MR) is 58.1 cm³/mol. The van der Waals surface area contributed by atoms with Crippen molar-refractivity contribution in [2.24, 2.45) is 10.8 Å². The van der Waals surface area contributed by atoms with Gasteiger partial charge in [-0.1, -0.05) is 30.3 Å². The SMILES string of the molecule is C/N=C1/C(F)CC(c2ccccc2)N1N. The number of nitrogens with two attached hydrogens (primary N) is 1. The van der Waals surface area contributed by atoms with E-state index in [0.717, 1.165) is 5.56 Å². The largest absolute Gasteiger partial charge is 0.288 e. The molecule has 0 aromatic heterocycles. The van der Waals surface area contributed by atoms with E-state index < -0.39 is 6.17 Å². The highest BCUT2D eigenvalue weighted by Gasteiger charge is 2.36. The van der Waals surface area contributed by atoms with Crippen LogP contribution in [0.25, 0.3) is 0 Å². The third-order valence-electron chi connectivity index (χ3n) is 2.72. The third-order valence-corrected chi connectivity index (χ3v) is 2.72. The van der Waals surface area contributed by atoms with Gasteiger partial charge in [-0.15, -0.1) is 0 Å². The Labute approximate surface area is 88.4 Å². The Morgan fingerprint density at radius 2 is 2.07 bits per heavy atom. The summed E-state index contributed by atoms with van der Waals surface area (Å²) in [5, 5.41) is 1.43. The van der Waals surface area contributed by atoms with Crippen LogP contribution in [0.5, 0.6) is 0 Å². The average molecular weight is 207 g/mol. The summed E-state index contributed by atoms with van der Waals surface area (Å²) in [5.41, 5.74) is 1.03. The van der Waals surface area contributed by atoms with Crippen molar-refractivity contribution < 1.29 is 4.39 Å². The zero-order valence-electron chi connectivity index (χ0n) is 8.60. The lowest BCUT2D eigenvalue weighted by Gasteiger charge is -2.20. The van der Waals surface area contributed by atoms with Crippen LogP contribution in [0.15, 0.2) is 35.3 Å². The molecule has 2 N–H and O–H groups in total. The first-order valence-electron chi connectivity index (χ1n) is 4.93. The summed E-state index contributed by atoms with van der Waals surface area (Å²) in [7, 11) is 1.56. The summed E-state index contributed by atoms with van der Waals surface area (Å²) in [5.74, 6) is 6.16. The Morgan fingerprint density at radius 3 is 2.60 bits per heavy atom. The minimum absolute atomic E-state index is 0.0973. The second-order valence-corrected chi connectivity index (χ2v) is 3.62. The van der Waals surface area contributed by atoms with E-state index in [1.54, 1.807) is 7.05 Å². The summed E-state index contributed by atoms with van der Waals surface area (Å²) in [6.07, 6.45) is -0.669. The van der Waals surface area contributed by atoms with Crippen molar-refractivity contribution >= 4 is 5.84 Å². The van der Waals surface area contributed by atoms with Crippen molar-refractivity contribution in [2.45, 2.75) is 18.6 Å². The van der Waals surface area contributed by atoms with Gasteiger partial charge in [0.15, 0.2) is 6.17 Å². The zero-order valence-corrected chi connectivity index (χ0v) is 8.60. The number of rotatable bonds is 1. The van der Waals surface area contributed by atoms with Crippen LogP contribution < -0.4 is 5.84 Å². The Kier molecular flexibility index (Phi) is 2.68. The summed E-state index contributed by atoms with van der Waals surface area (Å²) in [6, 6.07) is 9.60. The number of benzene rings is 1. The predicted octanol–water partition coefficient (Wildman–Crippen LogP) is 1.67. The van der Waals surface area contributed by atoms with Crippen molar-refractivity contribution in [3.8, 4) is 0 Å². The van der Waals surface area contributed by atoms with Crippen LogP contribution in [0.1, 0.15) is 18.0 Å². The minimum Gasteiger partial charge on any atom is -0.288 e. The van der Waals surface area contributed by atoms with Gasteiger partial charge in [0.2, 0.25) is 0 Å². The van der Waals surface area contributed by atoms with Crippen LogP contribution in [0.3, 0.4) is 0 Å². The number of halogens is 1. The molecule has 15 heavy (non-hydrogen) atoms. The number of hydrogen-bond donors (Lipinski definition) is 1. The number of hydrogen-bond acceptors (Lipinski definition) is 2. The van der Waals surface area contributed by atoms with Gasteiger partial charge in [0.25, 0.3) is 0 Å². The van der Waals surface area contributed by atoms with Crippen molar-refractivity contribution in [1.29, 1.82) is 0 Å². The van der Waals surface area contributed by atoms with Gasteiger partial charge in [-0.05, 0) is 5.56 Å². The molecule has 0 aliphatic carbocycles. The van der Waals surface area contributed by atoms with Gasteiger partial charge < -0.3 is 0 Å². The van der Waals surface area contributed by atoms with E-state index in [2.05, 4.69) is 4.99 Å². The van der Waals surface area contributed by atoms with Crippen LogP contribution in [-0.2, 0) is 0 Å². The van der Waals surface area contributed by atoms with Gasteiger partial charge in [0.1, 0.15) is 5.84 Å². The van der Waals surface area contributed by atoms with E-state index in [4.69, 9.17) is 5.84 Å². The molecule has 1 saturated heterocycles. The minimum atomic E-state index is -1.05. The van der Waals surface area contributed by atoms with Crippen LogP contribution in [0, 0.1) is 0 Å². The standard InChI is InChI=1S/C11H14FN3/c1-14-11-9(12)7-10(15(11)13)8-5-3-2-4-6-8/h2-6,9-10H,7,13H2,1H3/b14-11-. The van der Waals surface area contributed by atoms with Crippen LogP contribution in [0.4, 0.5) is 4.39 Å². The molecule has 2 unspecified atom stereocenters. The highest BCUT2D eigenvalue weighted by Crippen LogP contribution is 2.32. The van der Waals surface area contributed by atoms with Crippen molar-refractivity contribution in [2.75, 3.05) is 7.05 Å². The molecule has 80 valence electrons. The Morgan fingerprint density at radius 1 is 1.40 bits per heavy atom. The first kappa shape index (κ1) is 10.1. The zero-order chi connectivity index (χ0) is 10.8. The lowest BCUT2D eigenvalue weighted by molar-refractivity contribution is 0.340. The molecule has 1 heterocycles. The van der Waals surface area contributed by atoms with Crippen LogP contribution in [0.2, 0.25) is 0 Å². The summed E-state index contributed by atoms with van der Waals surface area (Å²) in [4.78, 5) is 3.87. The first-order valence-corrected chi connectivity index (χ1v) is 4.93. The molecule has 1 aliphatic heterocycles. The number of nitrogens with zero attached hydrogens (tertiary/aromatic N) is 2. The van der Waals surface area contributed by atoms with E-state index in [0.29, 0.717) is 12.3 Å².